The van der Waals surface area contributed by atoms with Crippen molar-refractivity contribution in [1.82, 2.24) is 0 Å². The number of hydrogen-bond acceptors (Lipinski definition) is 2. The molecule has 0 saturated carbocycles. The van der Waals surface area contributed by atoms with E-state index in [0.717, 1.165) is 31.6 Å². The summed E-state index contributed by atoms with van der Waals surface area (Å²) in [6, 6.07) is 8.27. The summed E-state index contributed by atoms with van der Waals surface area (Å²) in [7, 11) is 1.73. The van der Waals surface area contributed by atoms with Crippen LogP contribution in [-0.2, 0) is 0 Å². The second-order valence-electron chi connectivity index (χ2n) is 3.78. The maximum atomic E-state index is 5.55. The molecule has 0 radical (unpaired) electrons. The van der Waals surface area contributed by atoms with Gasteiger partial charge in [-0.1, -0.05) is 25.1 Å². The van der Waals surface area contributed by atoms with Gasteiger partial charge in [-0.05, 0) is 43.4 Å². The highest BCUT2D eigenvalue weighted by Gasteiger charge is 2.12. The highest BCUT2D eigenvalue weighted by Crippen LogP contribution is 2.31. The molecule has 0 bridgehead atoms. The minimum absolute atomic E-state index is 0.574. The van der Waals surface area contributed by atoms with E-state index in [1.165, 1.54) is 5.56 Å². The van der Waals surface area contributed by atoms with E-state index in [1.807, 2.05) is 12.1 Å². The Labute approximate surface area is 92.4 Å². The fourth-order valence-corrected chi connectivity index (χ4v) is 1.95. The Bertz CT molecular complexity index is 286. The first-order chi connectivity index (χ1) is 7.33. The standard InChI is InChI=1S/C13H21NO/c1-3-11(7-6-10-14)12-8-4-5-9-13(12)15-2/h4-5,8-9,11H,3,6-7,10,14H2,1-2H3. The molecule has 1 unspecified atom stereocenters. The maximum Gasteiger partial charge on any atom is 0.122 e. The van der Waals surface area contributed by atoms with E-state index in [2.05, 4.69) is 19.1 Å². The Balaban J connectivity index is 2.80. The summed E-state index contributed by atoms with van der Waals surface area (Å²) >= 11 is 0. The van der Waals surface area contributed by atoms with Crippen molar-refractivity contribution in [3.8, 4) is 5.75 Å². The smallest absolute Gasteiger partial charge is 0.122 e. The van der Waals surface area contributed by atoms with E-state index in [-0.39, 0.29) is 0 Å². The molecule has 0 aliphatic rings. The van der Waals surface area contributed by atoms with Gasteiger partial charge in [-0.2, -0.15) is 0 Å². The van der Waals surface area contributed by atoms with Crippen LogP contribution >= 0.6 is 0 Å². The fraction of sp³-hybridized carbons (Fsp3) is 0.538. The molecule has 0 fully saturated rings. The van der Waals surface area contributed by atoms with Gasteiger partial charge in [0.1, 0.15) is 5.75 Å². The molecule has 0 amide bonds. The number of nitrogens with two attached hydrogens (primary N) is 1. The van der Waals surface area contributed by atoms with Crippen LogP contribution in [0.25, 0.3) is 0 Å². The minimum atomic E-state index is 0.574. The Morgan fingerprint density at radius 3 is 2.67 bits per heavy atom. The van der Waals surface area contributed by atoms with E-state index in [9.17, 15) is 0 Å². The number of hydrogen-bond donors (Lipinski definition) is 1. The van der Waals surface area contributed by atoms with Crippen LogP contribution in [0.15, 0.2) is 24.3 Å². The average molecular weight is 207 g/mol. The normalized spacial score (nSPS) is 12.5. The lowest BCUT2D eigenvalue weighted by Crippen LogP contribution is -2.05. The van der Waals surface area contributed by atoms with Crippen molar-refractivity contribution in [2.45, 2.75) is 32.1 Å². The summed E-state index contributed by atoms with van der Waals surface area (Å²) in [5.41, 5.74) is 6.86. The lowest BCUT2D eigenvalue weighted by atomic mass is 9.91. The molecule has 0 saturated heterocycles. The van der Waals surface area contributed by atoms with Crippen LogP contribution in [0, 0.1) is 0 Å². The molecule has 2 nitrogen and oxygen atoms in total. The molecule has 0 aliphatic heterocycles. The maximum absolute atomic E-state index is 5.55. The van der Waals surface area contributed by atoms with Crippen molar-refractivity contribution in [2.75, 3.05) is 13.7 Å². The van der Waals surface area contributed by atoms with Gasteiger partial charge in [-0.3, -0.25) is 0 Å². The van der Waals surface area contributed by atoms with Gasteiger partial charge in [-0.15, -0.1) is 0 Å². The SMILES string of the molecule is CCC(CCCN)c1ccccc1OC. The number of para-hydroxylation sites is 1. The molecule has 1 atom stereocenters. The molecule has 0 heterocycles. The number of methoxy groups -OCH3 is 1. The highest BCUT2D eigenvalue weighted by molar-refractivity contribution is 5.36. The summed E-state index contributed by atoms with van der Waals surface area (Å²) in [4.78, 5) is 0. The molecular formula is C13H21NO. The fourth-order valence-electron chi connectivity index (χ4n) is 1.95. The van der Waals surface area contributed by atoms with Crippen molar-refractivity contribution in [3.63, 3.8) is 0 Å². The molecule has 15 heavy (non-hydrogen) atoms. The second-order valence-corrected chi connectivity index (χ2v) is 3.78. The summed E-state index contributed by atoms with van der Waals surface area (Å²) in [6.45, 7) is 2.99. The summed E-state index contributed by atoms with van der Waals surface area (Å²) in [5, 5.41) is 0. The Morgan fingerprint density at radius 1 is 1.33 bits per heavy atom. The zero-order valence-electron chi connectivity index (χ0n) is 9.70. The molecule has 2 N–H and O–H groups in total. The zero-order chi connectivity index (χ0) is 11.1. The first kappa shape index (κ1) is 12.1. The highest BCUT2D eigenvalue weighted by atomic mass is 16.5. The van der Waals surface area contributed by atoms with Crippen molar-refractivity contribution in [1.29, 1.82) is 0 Å². The minimum Gasteiger partial charge on any atom is -0.496 e. The third-order valence-electron chi connectivity index (χ3n) is 2.83. The predicted octanol–water partition coefficient (Wildman–Crippen LogP) is 2.93. The van der Waals surface area contributed by atoms with Gasteiger partial charge in [0.25, 0.3) is 0 Å². The summed E-state index contributed by atoms with van der Waals surface area (Å²) < 4.78 is 5.38. The molecular weight excluding hydrogens is 186 g/mol. The lowest BCUT2D eigenvalue weighted by Gasteiger charge is -2.17. The van der Waals surface area contributed by atoms with Crippen molar-refractivity contribution >= 4 is 0 Å². The van der Waals surface area contributed by atoms with Crippen LogP contribution in [0.4, 0.5) is 0 Å². The van der Waals surface area contributed by atoms with E-state index in [4.69, 9.17) is 10.5 Å². The third kappa shape index (κ3) is 3.24. The van der Waals surface area contributed by atoms with Crippen molar-refractivity contribution in [2.24, 2.45) is 5.73 Å². The van der Waals surface area contributed by atoms with Crippen molar-refractivity contribution in [3.05, 3.63) is 29.8 Å². The van der Waals surface area contributed by atoms with E-state index in [0.29, 0.717) is 5.92 Å². The quantitative estimate of drug-likeness (QED) is 0.778. The van der Waals surface area contributed by atoms with Crippen LogP contribution in [0.1, 0.15) is 37.7 Å². The van der Waals surface area contributed by atoms with Gasteiger partial charge in [0, 0.05) is 0 Å². The molecule has 0 aromatic heterocycles. The number of rotatable bonds is 6. The van der Waals surface area contributed by atoms with E-state index < -0.39 is 0 Å². The summed E-state index contributed by atoms with van der Waals surface area (Å²) in [6.07, 6.45) is 3.37. The topological polar surface area (TPSA) is 35.2 Å². The second kappa shape index (κ2) is 6.46. The first-order valence-corrected chi connectivity index (χ1v) is 5.66. The van der Waals surface area contributed by atoms with Crippen LogP contribution in [0.3, 0.4) is 0 Å². The Morgan fingerprint density at radius 2 is 2.07 bits per heavy atom. The average Bonchev–Trinajstić information content (AvgIpc) is 2.30. The largest absolute Gasteiger partial charge is 0.496 e. The van der Waals surface area contributed by atoms with Gasteiger partial charge in [-0.25, -0.2) is 0 Å². The van der Waals surface area contributed by atoms with Gasteiger partial charge in [0.05, 0.1) is 7.11 Å². The molecule has 2 heteroatoms. The number of benzene rings is 1. The summed E-state index contributed by atoms with van der Waals surface area (Å²) in [5.74, 6) is 1.58. The molecule has 1 aromatic rings. The molecule has 84 valence electrons. The zero-order valence-corrected chi connectivity index (χ0v) is 9.70. The van der Waals surface area contributed by atoms with Crippen LogP contribution in [0.5, 0.6) is 5.75 Å². The molecule has 1 aromatic carbocycles. The van der Waals surface area contributed by atoms with Crippen LogP contribution in [-0.4, -0.2) is 13.7 Å². The third-order valence-corrected chi connectivity index (χ3v) is 2.83. The van der Waals surface area contributed by atoms with Crippen LogP contribution in [0.2, 0.25) is 0 Å². The predicted molar refractivity (Wildman–Crippen MR) is 64.3 cm³/mol. The van der Waals surface area contributed by atoms with Crippen molar-refractivity contribution < 1.29 is 4.74 Å². The van der Waals surface area contributed by atoms with Gasteiger partial charge in [0.2, 0.25) is 0 Å². The molecule has 0 aliphatic carbocycles. The number of ether oxygens (including phenoxy) is 1. The Kier molecular flexibility index (Phi) is 5.19. The van der Waals surface area contributed by atoms with Gasteiger partial charge in [0.15, 0.2) is 0 Å². The molecule has 0 spiro atoms. The first-order valence-electron chi connectivity index (χ1n) is 5.66. The van der Waals surface area contributed by atoms with E-state index >= 15 is 0 Å². The van der Waals surface area contributed by atoms with Gasteiger partial charge < -0.3 is 10.5 Å². The molecule has 1 rings (SSSR count). The van der Waals surface area contributed by atoms with Gasteiger partial charge >= 0.3 is 0 Å². The lowest BCUT2D eigenvalue weighted by molar-refractivity contribution is 0.402. The van der Waals surface area contributed by atoms with E-state index in [1.54, 1.807) is 7.11 Å². The van der Waals surface area contributed by atoms with Crippen LogP contribution < -0.4 is 10.5 Å². The Hall–Kier alpha value is -1.02. The monoisotopic (exact) mass is 207 g/mol.